The first-order valence-corrected chi connectivity index (χ1v) is 8.44. The molecule has 0 bridgehead atoms. The lowest BCUT2D eigenvalue weighted by Crippen LogP contribution is -2.14. The van der Waals surface area contributed by atoms with Crippen LogP contribution in [0.4, 0.5) is 5.69 Å². The standard InChI is InChI=1S/C24H15N5/c1-4-23(21(15-27)16-28)24(19-9-11-22(12-10-19)29(2)3)18-7-5-17(6-8-18)20(13-25)14-26/h1,5-12H,2-3H3. The van der Waals surface area contributed by atoms with Gasteiger partial charge in [0.15, 0.2) is 0 Å². The molecule has 5 heteroatoms. The Morgan fingerprint density at radius 1 is 0.759 bits per heavy atom. The molecule has 0 saturated heterocycles. The van der Waals surface area contributed by atoms with Crippen LogP contribution in [0.3, 0.4) is 0 Å². The van der Waals surface area contributed by atoms with Crippen molar-refractivity contribution in [1.29, 1.82) is 21.0 Å². The van der Waals surface area contributed by atoms with Crippen LogP contribution in [0.2, 0.25) is 0 Å². The number of benzene rings is 2. The van der Waals surface area contributed by atoms with E-state index in [4.69, 9.17) is 16.9 Å². The van der Waals surface area contributed by atoms with Crippen molar-refractivity contribution in [2.75, 3.05) is 19.0 Å². The average molecular weight is 373 g/mol. The second-order valence-corrected chi connectivity index (χ2v) is 6.11. The van der Waals surface area contributed by atoms with Crippen LogP contribution in [-0.2, 0) is 0 Å². The molecular formula is C24H15N5. The number of nitriles is 4. The molecule has 0 saturated carbocycles. The number of terminal acetylenes is 1. The van der Waals surface area contributed by atoms with Crippen molar-refractivity contribution in [2.45, 2.75) is 0 Å². The van der Waals surface area contributed by atoms with E-state index in [1.165, 1.54) is 0 Å². The number of anilines is 1. The fourth-order valence-corrected chi connectivity index (χ4v) is 2.75. The van der Waals surface area contributed by atoms with Crippen LogP contribution in [0, 0.1) is 57.7 Å². The van der Waals surface area contributed by atoms with Gasteiger partial charge >= 0.3 is 0 Å². The molecule has 0 amide bonds. The Balaban J connectivity index is 2.94. The highest BCUT2D eigenvalue weighted by molar-refractivity contribution is 5.86. The first-order chi connectivity index (χ1) is 14.0. The van der Waals surface area contributed by atoms with Crippen LogP contribution in [0.5, 0.6) is 0 Å². The molecule has 0 fully saturated rings. The number of rotatable bonds is 3. The summed E-state index contributed by atoms with van der Waals surface area (Å²) in [5, 5.41) is 37.9. The number of hydrogen-bond acceptors (Lipinski definition) is 5. The van der Waals surface area contributed by atoms with Crippen molar-refractivity contribution < 1.29 is 0 Å². The maximum absolute atomic E-state index is 9.35. The second kappa shape index (κ2) is 9.26. The maximum Gasteiger partial charge on any atom is 0.145 e. The van der Waals surface area contributed by atoms with E-state index in [1.807, 2.05) is 67.5 Å². The molecular weight excluding hydrogens is 358 g/mol. The fourth-order valence-electron chi connectivity index (χ4n) is 2.75. The average Bonchev–Trinajstić information content (AvgIpc) is 2.75. The smallest absolute Gasteiger partial charge is 0.145 e. The summed E-state index contributed by atoms with van der Waals surface area (Å²) in [6, 6.07) is 21.7. The predicted molar refractivity (Wildman–Crippen MR) is 111 cm³/mol. The molecule has 5 nitrogen and oxygen atoms in total. The van der Waals surface area contributed by atoms with Crippen molar-refractivity contribution in [2.24, 2.45) is 0 Å². The normalized spacial score (nSPS) is 8.86. The van der Waals surface area contributed by atoms with E-state index in [2.05, 4.69) is 5.92 Å². The Bertz CT molecular complexity index is 1250. The van der Waals surface area contributed by atoms with Gasteiger partial charge < -0.3 is 4.90 Å². The lowest BCUT2D eigenvalue weighted by molar-refractivity contribution is 1.13. The summed E-state index contributed by atoms with van der Waals surface area (Å²) >= 11 is 0. The number of hydrogen-bond donors (Lipinski definition) is 0. The molecule has 0 unspecified atom stereocenters. The van der Waals surface area contributed by atoms with Crippen LogP contribution in [0.15, 0.2) is 59.7 Å². The molecule has 0 aliphatic heterocycles. The molecule has 0 aliphatic rings. The lowest BCUT2D eigenvalue weighted by Gasteiger charge is -2.14. The summed E-state index contributed by atoms with van der Waals surface area (Å²) in [6.45, 7) is 0. The van der Waals surface area contributed by atoms with Gasteiger partial charge in [-0.2, -0.15) is 21.0 Å². The minimum atomic E-state index is -0.162. The Morgan fingerprint density at radius 2 is 1.28 bits per heavy atom. The van der Waals surface area contributed by atoms with Crippen molar-refractivity contribution >= 4 is 16.8 Å². The largest absolute Gasteiger partial charge is 0.378 e. The number of allylic oxidation sites excluding steroid dienone is 2. The van der Waals surface area contributed by atoms with Crippen LogP contribution < -0.4 is 15.3 Å². The summed E-state index contributed by atoms with van der Waals surface area (Å²) in [7, 11) is 3.85. The van der Waals surface area contributed by atoms with Gasteiger partial charge in [0.05, 0.1) is 5.57 Å². The summed E-state index contributed by atoms with van der Waals surface area (Å²) in [6.07, 6.45) is 5.67. The third kappa shape index (κ3) is 4.32. The van der Waals surface area contributed by atoms with Crippen LogP contribution in [0.1, 0.15) is 5.56 Å². The maximum atomic E-state index is 9.35. The Kier molecular flexibility index (Phi) is 6.56. The zero-order valence-corrected chi connectivity index (χ0v) is 15.9. The Labute approximate surface area is 169 Å². The minimum Gasteiger partial charge on any atom is -0.378 e. The summed E-state index contributed by atoms with van der Waals surface area (Å²) in [4.78, 5) is 1.95. The molecule has 29 heavy (non-hydrogen) atoms. The summed E-state index contributed by atoms with van der Waals surface area (Å²) < 4.78 is 0. The molecule has 0 aliphatic carbocycles. The van der Waals surface area contributed by atoms with Gasteiger partial charge in [0.1, 0.15) is 35.4 Å². The van der Waals surface area contributed by atoms with E-state index >= 15 is 0 Å². The SMILES string of the molecule is C#CC(=C(C#N)C#N)C(c1ccc(N(C)C)cc1)=c1ccc(=C(C#N)C#N)cc1. The van der Waals surface area contributed by atoms with Gasteiger partial charge in [-0.05, 0) is 22.9 Å². The highest BCUT2D eigenvalue weighted by Gasteiger charge is 2.13. The van der Waals surface area contributed by atoms with Gasteiger partial charge in [-0.15, -0.1) is 6.42 Å². The van der Waals surface area contributed by atoms with E-state index in [0.717, 1.165) is 11.3 Å². The zero-order chi connectivity index (χ0) is 21.4. The number of nitrogens with zero attached hydrogens (tertiary/aromatic N) is 5. The Morgan fingerprint density at radius 3 is 1.69 bits per heavy atom. The molecule has 0 atom stereocenters. The van der Waals surface area contributed by atoms with Crippen molar-refractivity contribution in [3.8, 4) is 36.6 Å². The summed E-state index contributed by atoms with van der Waals surface area (Å²) in [5.41, 5.74) is 2.30. The topological polar surface area (TPSA) is 98.4 Å². The monoisotopic (exact) mass is 373 g/mol. The van der Waals surface area contributed by atoms with E-state index in [1.54, 1.807) is 24.3 Å². The Hall–Kier alpha value is -4.76. The van der Waals surface area contributed by atoms with Crippen molar-refractivity contribution in [3.05, 3.63) is 75.7 Å². The van der Waals surface area contributed by atoms with Crippen LogP contribution >= 0.6 is 0 Å². The van der Waals surface area contributed by atoms with E-state index in [0.29, 0.717) is 16.0 Å². The third-order valence-corrected chi connectivity index (χ3v) is 4.23. The zero-order valence-electron chi connectivity index (χ0n) is 15.9. The highest BCUT2D eigenvalue weighted by atomic mass is 15.1. The second-order valence-electron chi connectivity index (χ2n) is 6.11. The predicted octanol–water partition coefficient (Wildman–Crippen LogP) is 2.13. The van der Waals surface area contributed by atoms with Crippen LogP contribution in [-0.4, -0.2) is 14.1 Å². The molecule has 2 aromatic rings. The molecule has 2 rings (SSSR count). The quantitative estimate of drug-likeness (QED) is 0.606. The lowest BCUT2D eigenvalue weighted by atomic mass is 9.92. The molecule has 0 spiro atoms. The molecule has 0 heterocycles. The first kappa shape index (κ1) is 20.6. The van der Waals surface area contributed by atoms with Gasteiger partial charge in [-0.25, -0.2) is 0 Å². The van der Waals surface area contributed by atoms with Crippen molar-refractivity contribution in [3.63, 3.8) is 0 Å². The van der Waals surface area contributed by atoms with Gasteiger partial charge in [-0.1, -0.05) is 42.3 Å². The molecule has 2 aromatic carbocycles. The van der Waals surface area contributed by atoms with E-state index < -0.39 is 0 Å². The van der Waals surface area contributed by atoms with Gasteiger partial charge in [-0.3, -0.25) is 0 Å². The molecule has 0 radical (unpaired) electrons. The highest BCUT2D eigenvalue weighted by Crippen LogP contribution is 2.24. The van der Waals surface area contributed by atoms with Gasteiger partial charge in [0, 0.05) is 30.6 Å². The first-order valence-electron chi connectivity index (χ1n) is 8.44. The third-order valence-electron chi connectivity index (χ3n) is 4.23. The fraction of sp³-hybridized carbons (Fsp3) is 0.0833. The molecule has 0 aromatic heterocycles. The molecule has 136 valence electrons. The van der Waals surface area contributed by atoms with Crippen molar-refractivity contribution in [1.82, 2.24) is 0 Å². The summed E-state index contributed by atoms with van der Waals surface area (Å²) in [5.74, 6) is 2.48. The van der Waals surface area contributed by atoms with Gasteiger partial charge in [0.25, 0.3) is 0 Å². The van der Waals surface area contributed by atoms with E-state index in [9.17, 15) is 10.5 Å². The minimum absolute atomic E-state index is 0.00381. The van der Waals surface area contributed by atoms with Gasteiger partial charge in [0.2, 0.25) is 0 Å². The molecule has 0 N–H and O–H groups in total. The van der Waals surface area contributed by atoms with Crippen LogP contribution in [0.25, 0.3) is 11.1 Å². The van der Waals surface area contributed by atoms with E-state index in [-0.39, 0.29) is 16.7 Å².